The van der Waals surface area contributed by atoms with Crippen LogP contribution < -0.4 is 0 Å². The van der Waals surface area contributed by atoms with E-state index >= 15 is 0 Å². The van der Waals surface area contributed by atoms with Crippen LogP contribution in [-0.2, 0) is 10.0 Å². The third-order valence-corrected chi connectivity index (χ3v) is 5.49. The Bertz CT molecular complexity index is 731. The number of hydrogen-bond donors (Lipinski definition) is 0. The summed E-state index contributed by atoms with van der Waals surface area (Å²) in [6.07, 6.45) is 11.4. The van der Waals surface area contributed by atoms with E-state index in [0.717, 1.165) is 24.0 Å². The minimum absolute atomic E-state index is 0.0635. The molecule has 1 aromatic carbocycles. The molecule has 0 aromatic heterocycles. The average Bonchev–Trinajstić information content (AvgIpc) is 2.51. The third-order valence-electron chi connectivity index (χ3n) is 3.66. The standard InChI is InChI=1S/C20H27NO2S/c1-6-15-21(16-14-18(4)9-7-8-17(2)3)24(22,23)20-12-10-19(5)11-13-20/h1,8,10-14H,7,9,15-16H2,2-5H3/b18-14+. The van der Waals surface area contributed by atoms with Gasteiger partial charge in [0.05, 0.1) is 11.4 Å². The molecule has 0 saturated carbocycles. The molecule has 0 aliphatic carbocycles. The number of terminal acetylenes is 1. The maximum atomic E-state index is 12.7. The fraction of sp³-hybridized carbons (Fsp3) is 0.400. The lowest BCUT2D eigenvalue weighted by atomic mass is 10.1. The van der Waals surface area contributed by atoms with Gasteiger partial charge in [-0.2, -0.15) is 4.31 Å². The van der Waals surface area contributed by atoms with Gasteiger partial charge in [0, 0.05) is 6.54 Å². The highest BCUT2D eigenvalue weighted by molar-refractivity contribution is 7.89. The third kappa shape index (κ3) is 6.35. The molecular weight excluding hydrogens is 318 g/mol. The molecule has 1 rings (SSSR count). The molecule has 1 aromatic rings. The highest BCUT2D eigenvalue weighted by Crippen LogP contribution is 2.17. The van der Waals surface area contributed by atoms with Gasteiger partial charge >= 0.3 is 0 Å². The van der Waals surface area contributed by atoms with Gasteiger partial charge < -0.3 is 0 Å². The highest BCUT2D eigenvalue weighted by Gasteiger charge is 2.22. The zero-order valence-corrected chi connectivity index (χ0v) is 15.9. The molecule has 0 saturated heterocycles. The van der Waals surface area contributed by atoms with Crippen molar-refractivity contribution in [2.24, 2.45) is 0 Å². The average molecular weight is 346 g/mol. The van der Waals surface area contributed by atoms with Crippen molar-refractivity contribution in [1.82, 2.24) is 4.31 Å². The molecular formula is C20H27NO2S. The van der Waals surface area contributed by atoms with Gasteiger partial charge in [0.15, 0.2) is 0 Å². The first kappa shape index (κ1) is 20.2. The van der Waals surface area contributed by atoms with Gasteiger partial charge in [-0.25, -0.2) is 8.42 Å². The van der Waals surface area contributed by atoms with Crippen molar-refractivity contribution in [2.75, 3.05) is 13.1 Å². The molecule has 0 bridgehead atoms. The highest BCUT2D eigenvalue weighted by atomic mass is 32.2. The van der Waals surface area contributed by atoms with Crippen molar-refractivity contribution < 1.29 is 8.42 Å². The van der Waals surface area contributed by atoms with Gasteiger partial charge in [0.1, 0.15) is 0 Å². The van der Waals surface area contributed by atoms with Gasteiger partial charge in [-0.15, -0.1) is 6.42 Å². The Balaban J connectivity index is 2.88. The lowest BCUT2D eigenvalue weighted by Crippen LogP contribution is -2.31. The molecule has 4 heteroatoms. The maximum absolute atomic E-state index is 12.7. The van der Waals surface area contributed by atoms with Gasteiger partial charge in [0.25, 0.3) is 0 Å². The van der Waals surface area contributed by atoms with E-state index in [1.807, 2.05) is 19.9 Å². The molecule has 0 amide bonds. The van der Waals surface area contributed by atoms with E-state index in [4.69, 9.17) is 6.42 Å². The number of aryl methyl sites for hydroxylation is 1. The van der Waals surface area contributed by atoms with E-state index < -0.39 is 10.0 Å². The van der Waals surface area contributed by atoms with E-state index in [1.165, 1.54) is 9.88 Å². The number of hydrogen-bond acceptors (Lipinski definition) is 2. The van der Waals surface area contributed by atoms with Crippen LogP contribution in [0.4, 0.5) is 0 Å². The van der Waals surface area contributed by atoms with Crippen molar-refractivity contribution in [3.8, 4) is 12.3 Å². The number of benzene rings is 1. The molecule has 130 valence electrons. The van der Waals surface area contributed by atoms with Crippen LogP contribution in [0.1, 0.15) is 39.2 Å². The summed E-state index contributed by atoms with van der Waals surface area (Å²) in [5.74, 6) is 2.44. The van der Waals surface area contributed by atoms with Crippen LogP contribution in [0.25, 0.3) is 0 Å². The number of nitrogens with zero attached hydrogens (tertiary/aromatic N) is 1. The molecule has 24 heavy (non-hydrogen) atoms. The van der Waals surface area contributed by atoms with Crippen LogP contribution in [0.3, 0.4) is 0 Å². The fourth-order valence-corrected chi connectivity index (χ4v) is 3.45. The van der Waals surface area contributed by atoms with Gasteiger partial charge in [0.2, 0.25) is 10.0 Å². The summed E-state index contributed by atoms with van der Waals surface area (Å²) in [5, 5.41) is 0. The molecule has 0 spiro atoms. The predicted octanol–water partition coefficient (Wildman–Crippen LogP) is 4.31. The van der Waals surface area contributed by atoms with Gasteiger partial charge in [-0.1, -0.05) is 46.9 Å². The fourth-order valence-electron chi connectivity index (χ4n) is 2.16. The summed E-state index contributed by atoms with van der Waals surface area (Å²) in [6, 6.07) is 6.84. The molecule has 0 aliphatic heterocycles. The normalized spacial score (nSPS) is 12.1. The first-order chi connectivity index (χ1) is 11.3. The maximum Gasteiger partial charge on any atom is 0.244 e. The Morgan fingerprint density at radius 3 is 2.33 bits per heavy atom. The van der Waals surface area contributed by atoms with Crippen LogP contribution in [0.5, 0.6) is 0 Å². The summed E-state index contributed by atoms with van der Waals surface area (Å²) < 4.78 is 26.8. The predicted molar refractivity (Wildman–Crippen MR) is 101 cm³/mol. The van der Waals surface area contributed by atoms with Crippen molar-refractivity contribution in [2.45, 2.75) is 45.4 Å². The molecule has 0 aliphatic rings. The molecule has 0 fully saturated rings. The lowest BCUT2D eigenvalue weighted by molar-refractivity contribution is 0.477. The van der Waals surface area contributed by atoms with Crippen LogP contribution >= 0.6 is 0 Å². The Hall–Kier alpha value is -1.83. The van der Waals surface area contributed by atoms with Crippen molar-refractivity contribution >= 4 is 10.0 Å². The molecule has 0 atom stereocenters. The Labute approximate surface area is 147 Å². The quantitative estimate of drug-likeness (QED) is 0.520. The molecule has 3 nitrogen and oxygen atoms in total. The van der Waals surface area contributed by atoms with Crippen LogP contribution in [0.15, 0.2) is 52.5 Å². The van der Waals surface area contributed by atoms with Crippen molar-refractivity contribution in [3.63, 3.8) is 0 Å². The zero-order chi connectivity index (χ0) is 18.2. The first-order valence-electron chi connectivity index (χ1n) is 8.06. The van der Waals surface area contributed by atoms with Crippen molar-refractivity contribution in [3.05, 3.63) is 53.1 Å². The SMILES string of the molecule is C#CCN(C/C=C(\C)CCC=C(C)C)S(=O)(=O)c1ccc(C)cc1. The van der Waals surface area contributed by atoms with Gasteiger partial charge in [-0.05, 0) is 52.7 Å². The Morgan fingerprint density at radius 1 is 1.17 bits per heavy atom. The Kier molecular flexibility index (Phi) is 7.97. The van der Waals surface area contributed by atoms with E-state index in [1.54, 1.807) is 24.3 Å². The second-order valence-corrected chi connectivity index (χ2v) is 8.12. The smallest absolute Gasteiger partial charge is 0.207 e. The van der Waals surface area contributed by atoms with Crippen molar-refractivity contribution in [1.29, 1.82) is 0 Å². The number of allylic oxidation sites excluding steroid dienone is 3. The summed E-state index contributed by atoms with van der Waals surface area (Å²) in [7, 11) is -3.58. The number of rotatable bonds is 8. The number of sulfonamides is 1. The summed E-state index contributed by atoms with van der Waals surface area (Å²) in [5.41, 5.74) is 3.47. The largest absolute Gasteiger partial charge is 0.244 e. The summed E-state index contributed by atoms with van der Waals surface area (Å²) in [6.45, 7) is 8.44. The van der Waals surface area contributed by atoms with Gasteiger partial charge in [-0.3, -0.25) is 0 Å². The van der Waals surface area contributed by atoms with E-state index in [-0.39, 0.29) is 11.4 Å². The van der Waals surface area contributed by atoms with Crippen LogP contribution in [0, 0.1) is 19.3 Å². The second-order valence-electron chi connectivity index (χ2n) is 6.19. The summed E-state index contributed by atoms with van der Waals surface area (Å²) >= 11 is 0. The Morgan fingerprint density at radius 2 is 1.79 bits per heavy atom. The molecule has 0 heterocycles. The van der Waals surface area contributed by atoms with E-state index in [2.05, 4.69) is 25.8 Å². The topological polar surface area (TPSA) is 37.4 Å². The van der Waals surface area contributed by atoms with Crippen LogP contribution in [0.2, 0.25) is 0 Å². The van der Waals surface area contributed by atoms with E-state index in [9.17, 15) is 8.42 Å². The zero-order valence-electron chi connectivity index (χ0n) is 15.0. The lowest BCUT2D eigenvalue weighted by Gasteiger charge is -2.19. The second kappa shape index (κ2) is 9.46. The monoisotopic (exact) mass is 345 g/mol. The first-order valence-corrected chi connectivity index (χ1v) is 9.50. The molecule has 0 radical (unpaired) electrons. The molecule has 0 N–H and O–H groups in total. The minimum Gasteiger partial charge on any atom is -0.207 e. The minimum atomic E-state index is -3.58. The van der Waals surface area contributed by atoms with E-state index in [0.29, 0.717) is 6.54 Å². The summed E-state index contributed by atoms with van der Waals surface area (Å²) in [4.78, 5) is 0.277. The molecule has 0 unspecified atom stereocenters. The van der Waals surface area contributed by atoms with Crippen LogP contribution in [-0.4, -0.2) is 25.8 Å².